The van der Waals surface area contributed by atoms with Crippen LogP contribution in [0.5, 0.6) is 0 Å². The summed E-state index contributed by atoms with van der Waals surface area (Å²) >= 11 is 0. The maximum Gasteiger partial charge on any atom is 0.335 e. The molecule has 0 radical (unpaired) electrons. The van der Waals surface area contributed by atoms with Crippen molar-refractivity contribution in [2.45, 2.75) is 20.8 Å². The first kappa shape index (κ1) is 20.3. The summed E-state index contributed by atoms with van der Waals surface area (Å²) in [7, 11) is 1.74. The Morgan fingerprint density at radius 3 is 2.70 bits per heavy atom. The fourth-order valence-electron chi connectivity index (χ4n) is 1.35. The minimum Gasteiger partial charge on any atom is -0.463 e. The van der Waals surface area contributed by atoms with Crippen LogP contribution in [0.1, 0.15) is 20.8 Å². The first-order valence-corrected chi connectivity index (χ1v) is 7.26. The molecule has 0 saturated carbocycles. The van der Waals surface area contributed by atoms with Crippen LogP contribution < -0.4 is 10.3 Å². The third-order valence-corrected chi connectivity index (χ3v) is 2.40. The molecule has 0 aliphatic heterocycles. The van der Waals surface area contributed by atoms with E-state index in [2.05, 4.69) is 27.1 Å². The van der Waals surface area contributed by atoms with Crippen LogP contribution in [0.4, 0.5) is 5.69 Å². The molecule has 1 heterocycles. The number of hydrogen-bond acceptors (Lipinski definition) is 6. The number of hydrogen-bond donors (Lipinski definition) is 1. The first-order valence-electron chi connectivity index (χ1n) is 7.26. The summed E-state index contributed by atoms with van der Waals surface area (Å²) in [5.41, 5.74) is 1.18. The zero-order valence-corrected chi connectivity index (χ0v) is 14.2. The van der Waals surface area contributed by atoms with Gasteiger partial charge in [0.2, 0.25) is 0 Å². The summed E-state index contributed by atoms with van der Waals surface area (Å²) < 4.78 is 4.87. The molecule has 0 fully saturated rings. The van der Waals surface area contributed by atoms with Gasteiger partial charge in [0.1, 0.15) is 0 Å². The summed E-state index contributed by atoms with van der Waals surface area (Å²) in [5, 5.41) is 8.18. The van der Waals surface area contributed by atoms with Crippen LogP contribution in [-0.2, 0) is 9.53 Å². The van der Waals surface area contributed by atoms with Gasteiger partial charge in [-0.2, -0.15) is 5.10 Å². The number of pyridine rings is 1. The van der Waals surface area contributed by atoms with E-state index in [-0.39, 0.29) is 5.97 Å². The van der Waals surface area contributed by atoms with Gasteiger partial charge in [-0.25, -0.2) is 9.80 Å². The Balaban J connectivity index is 0.000000688. The van der Waals surface area contributed by atoms with Gasteiger partial charge < -0.3 is 10.1 Å². The molecular weight excluding hydrogens is 294 g/mol. The topological polar surface area (TPSA) is 79.2 Å². The summed E-state index contributed by atoms with van der Waals surface area (Å²) in [4.78, 5) is 19.1. The molecule has 0 unspecified atom stereocenters. The highest BCUT2D eigenvalue weighted by Crippen LogP contribution is 2.13. The molecule has 0 aliphatic rings. The lowest BCUT2D eigenvalue weighted by atomic mass is 10.3. The summed E-state index contributed by atoms with van der Waals surface area (Å²) in [5.74, 6) is -0.370. The van der Waals surface area contributed by atoms with E-state index in [1.165, 1.54) is 5.01 Å². The van der Waals surface area contributed by atoms with E-state index in [4.69, 9.17) is 4.74 Å². The van der Waals surface area contributed by atoms with Crippen molar-refractivity contribution < 1.29 is 9.53 Å². The quantitative estimate of drug-likeness (QED) is 0.274. The minimum absolute atomic E-state index is 0.346. The van der Waals surface area contributed by atoms with Crippen LogP contribution in [0, 0.1) is 0 Å². The molecule has 1 rings (SSSR count). The average molecular weight is 319 g/mol. The molecular formula is C16H25N5O2. The molecule has 0 saturated heterocycles. The van der Waals surface area contributed by atoms with Crippen LogP contribution in [0.3, 0.4) is 0 Å². The monoisotopic (exact) mass is 319 g/mol. The lowest BCUT2D eigenvalue weighted by Gasteiger charge is -2.13. The smallest absolute Gasteiger partial charge is 0.335 e. The fraction of sp³-hybridized carbons (Fsp3) is 0.375. The average Bonchev–Trinajstić information content (AvgIpc) is 2.59. The Bertz CT molecular complexity index is 514. The molecule has 7 heteroatoms. The van der Waals surface area contributed by atoms with Crippen molar-refractivity contribution in [3.05, 3.63) is 36.3 Å². The van der Waals surface area contributed by atoms with Gasteiger partial charge in [0.15, 0.2) is 0 Å². The predicted octanol–water partition coefficient (Wildman–Crippen LogP) is 2.22. The maximum atomic E-state index is 11.4. The molecule has 0 aromatic carbocycles. The van der Waals surface area contributed by atoms with Gasteiger partial charge in [0.25, 0.3) is 0 Å². The van der Waals surface area contributed by atoms with Gasteiger partial charge >= 0.3 is 5.97 Å². The number of aromatic nitrogens is 1. The number of anilines is 1. The molecule has 0 aliphatic carbocycles. The van der Waals surface area contributed by atoms with Crippen molar-refractivity contribution in [1.82, 2.24) is 10.3 Å². The Hall–Kier alpha value is -2.70. The third kappa shape index (κ3) is 9.02. The normalized spacial score (nSPS) is 10.5. The number of aliphatic imine (C=N–C) groups is 1. The SMILES string of the molecule is C=NN(/C=C(\C)C(=O)OCC)c1cccnc1.CCNC=NC. The van der Waals surface area contributed by atoms with E-state index < -0.39 is 0 Å². The molecule has 0 spiro atoms. The lowest BCUT2D eigenvalue weighted by molar-refractivity contribution is -0.138. The van der Waals surface area contributed by atoms with Gasteiger partial charge in [-0.15, -0.1) is 0 Å². The highest BCUT2D eigenvalue weighted by atomic mass is 16.5. The highest BCUT2D eigenvalue weighted by molar-refractivity contribution is 5.88. The first-order chi connectivity index (χ1) is 11.1. The van der Waals surface area contributed by atoms with Crippen molar-refractivity contribution >= 4 is 24.7 Å². The second-order valence-corrected chi connectivity index (χ2v) is 4.17. The minimum atomic E-state index is -0.370. The van der Waals surface area contributed by atoms with Crippen molar-refractivity contribution in [3.8, 4) is 0 Å². The van der Waals surface area contributed by atoms with Gasteiger partial charge in [-0.05, 0) is 32.9 Å². The number of hydrazone groups is 1. The number of rotatable bonds is 7. The number of nitrogens with one attached hydrogen (secondary N) is 1. The summed E-state index contributed by atoms with van der Waals surface area (Å²) in [6.07, 6.45) is 6.53. The van der Waals surface area contributed by atoms with Crippen LogP contribution in [0.15, 0.2) is 46.4 Å². The highest BCUT2D eigenvalue weighted by Gasteiger charge is 2.08. The van der Waals surface area contributed by atoms with Crippen molar-refractivity contribution in [2.75, 3.05) is 25.2 Å². The molecule has 0 amide bonds. The molecule has 1 aromatic rings. The number of ether oxygens (including phenoxy) is 1. The maximum absolute atomic E-state index is 11.4. The second-order valence-electron chi connectivity index (χ2n) is 4.17. The van der Waals surface area contributed by atoms with Crippen molar-refractivity contribution in [3.63, 3.8) is 0 Å². The summed E-state index contributed by atoms with van der Waals surface area (Å²) in [6, 6.07) is 3.59. The number of carbonyl (C=O) groups excluding carboxylic acids is 1. The second kappa shape index (κ2) is 13.0. The number of esters is 1. The predicted molar refractivity (Wildman–Crippen MR) is 94.7 cm³/mol. The number of carbonyl (C=O) groups is 1. The van der Waals surface area contributed by atoms with Crippen LogP contribution in [0.2, 0.25) is 0 Å². The van der Waals surface area contributed by atoms with Crippen LogP contribution >= 0.6 is 0 Å². The van der Waals surface area contributed by atoms with E-state index in [0.717, 1.165) is 12.2 Å². The Morgan fingerprint density at radius 1 is 1.52 bits per heavy atom. The number of nitrogens with zero attached hydrogens (tertiary/aromatic N) is 4. The molecule has 126 valence electrons. The largest absolute Gasteiger partial charge is 0.463 e. The van der Waals surface area contributed by atoms with Gasteiger partial charge in [-0.3, -0.25) is 9.98 Å². The van der Waals surface area contributed by atoms with Gasteiger partial charge in [0.05, 0.1) is 30.4 Å². The van der Waals surface area contributed by atoms with Crippen LogP contribution in [-0.4, -0.2) is 44.2 Å². The molecule has 1 N–H and O–H groups in total. The van der Waals surface area contributed by atoms with Gasteiger partial charge in [-0.1, -0.05) is 0 Å². The molecule has 7 nitrogen and oxygen atoms in total. The third-order valence-electron chi connectivity index (χ3n) is 2.40. The van der Waals surface area contributed by atoms with Crippen molar-refractivity contribution in [1.29, 1.82) is 0 Å². The molecule has 0 atom stereocenters. The van der Waals surface area contributed by atoms with Crippen molar-refractivity contribution in [2.24, 2.45) is 10.1 Å². The standard InChI is InChI=1S/C12H15N3O2.C4H10N2/c1-4-17-12(16)10(2)9-15(13-3)11-6-5-7-14-8-11;1-3-6-4-5-2/h5-9H,3-4H2,1-2H3;4H,3H2,1-2H3,(H,5,6)/b10-9+;. The van der Waals surface area contributed by atoms with E-state index in [0.29, 0.717) is 12.2 Å². The molecule has 0 bridgehead atoms. The zero-order valence-electron chi connectivity index (χ0n) is 14.2. The van der Waals surface area contributed by atoms with E-state index in [9.17, 15) is 4.79 Å². The van der Waals surface area contributed by atoms with E-state index >= 15 is 0 Å². The van der Waals surface area contributed by atoms with Gasteiger partial charge in [0, 0.05) is 32.7 Å². The molecule has 23 heavy (non-hydrogen) atoms. The van der Waals surface area contributed by atoms with Crippen LogP contribution in [0.25, 0.3) is 0 Å². The van der Waals surface area contributed by atoms with E-state index in [1.807, 2.05) is 13.0 Å². The fourth-order valence-corrected chi connectivity index (χ4v) is 1.35. The Labute approximate surface area is 137 Å². The van der Waals surface area contributed by atoms with E-state index in [1.54, 1.807) is 51.9 Å². The zero-order chi connectivity index (χ0) is 17.5. The lowest BCUT2D eigenvalue weighted by Crippen LogP contribution is -2.12. The molecule has 1 aromatic heterocycles. The Morgan fingerprint density at radius 2 is 2.26 bits per heavy atom. The summed E-state index contributed by atoms with van der Waals surface area (Å²) in [6.45, 7) is 10.2. The Kier molecular flexibility index (Phi) is 11.5.